The molecule has 0 aliphatic heterocycles. The zero-order valence-corrected chi connectivity index (χ0v) is 16.3. The van der Waals surface area contributed by atoms with E-state index in [1.165, 1.54) is 17.4 Å². The number of esters is 1. The third-order valence-electron chi connectivity index (χ3n) is 4.49. The molecule has 0 spiro atoms. The van der Waals surface area contributed by atoms with Gasteiger partial charge in [0.25, 0.3) is 0 Å². The summed E-state index contributed by atoms with van der Waals surface area (Å²) in [5.74, 6) is -0.664. The van der Waals surface area contributed by atoms with Gasteiger partial charge in [-0.2, -0.15) is 0 Å². The van der Waals surface area contributed by atoms with Gasteiger partial charge in [-0.15, -0.1) is 11.3 Å². The van der Waals surface area contributed by atoms with Crippen LogP contribution >= 0.6 is 11.3 Å². The molecule has 5 nitrogen and oxygen atoms in total. The minimum Gasteiger partial charge on any atom is -0.461 e. The van der Waals surface area contributed by atoms with Crippen molar-refractivity contribution in [1.82, 2.24) is 14.5 Å². The van der Waals surface area contributed by atoms with Gasteiger partial charge in [-0.25, -0.2) is 14.4 Å². The quantitative estimate of drug-likeness (QED) is 0.469. The van der Waals surface area contributed by atoms with E-state index >= 15 is 0 Å². The van der Waals surface area contributed by atoms with E-state index in [0.29, 0.717) is 10.6 Å². The Labute approximate surface area is 165 Å². The van der Waals surface area contributed by atoms with Crippen LogP contribution in [0.15, 0.2) is 48.8 Å². The summed E-state index contributed by atoms with van der Waals surface area (Å²) in [5, 5.41) is 0.569. The van der Waals surface area contributed by atoms with Gasteiger partial charge in [0.1, 0.15) is 17.4 Å². The Morgan fingerprint density at radius 1 is 1.25 bits per heavy atom. The third kappa shape index (κ3) is 3.66. The molecular formula is C21H18FN3O2S. The van der Waals surface area contributed by atoms with E-state index in [2.05, 4.69) is 9.97 Å². The fourth-order valence-corrected chi connectivity index (χ4v) is 4.03. The molecule has 0 fully saturated rings. The largest absolute Gasteiger partial charge is 0.461 e. The molecule has 28 heavy (non-hydrogen) atoms. The van der Waals surface area contributed by atoms with Crippen molar-refractivity contribution < 1.29 is 13.9 Å². The summed E-state index contributed by atoms with van der Waals surface area (Å²) in [6.45, 7) is 2.00. The van der Waals surface area contributed by atoms with Gasteiger partial charge >= 0.3 is 5.97 Å². The average Bonchev–Trinajstić information content (AvgIpc) is 3.23. The highest BCUT2D eigenvalue weighted by atomic mass is 32.1. The van der Waals surface area contributed by atoms with Crippen LogP contribution in [0.3, 0.4) is 0 Å². The minimum atomic E-state index is -0.340. The monoisotopic (exact) mass is 395 g/mol. The van der Waals surface area contributed by atoms with Crippen LogP contribution in [0.4, 0.5) is 4.39 Å². The number of imidazole rings is 1. The van der Waals surface area contributed by atoms with E-state index in [1.54, 1.807) is 24.5 Å². The summed E-state index contributed by atoms with van der Waals surface area (Å²) in [4.78, 5) is 21.8. The summed E-state index contributed by atoms with van der Waals surface area (Å²) in [6, 6.07) is 12.3. The highest BCUT2D eigenvalue weighted by molar-refractivity contribution is 7.15. The number of halogens is 1. The van der Waals surface area contributed by atoms with Crippen LogP contribution in [-0.4, -0.2) is 20.5 Å². The zero-order valence-electron chi connectivity index (χ0n) is 15.5. The Hall–Kier alpha value is -3.06. The molecule has 0 saturated heterocycles. The molecule has 4 aromatic rings. The van der Waals surface area contributed by atoms with E-state index in [0.717, 1.165) is 27.2 Å². The molecule has 142 valence electrons. The fourth-order valence-electron chi connectivity index (χ4n) is 2.96. The minimum absolute atomic E-state index is 0.115. The SMILES string of the molecule is Cc1nc(-c2ccccc2F)sc1CC(=O)OCc1ccc2c(c1)ncn2C. The molecule has 0 aliphatic carbocycles. The van der Waals surface area contributed by atoms with Crippen LogP contribution in [-0.2, 0) is 29.6 Å². The van der Waals surface area contributed by atoms with Crippen LogP contribution in [0.5, 0.6) is 0 Å². The summed E-state index contributed by atoms with van der Waals surface area (Å²) in [6.07, 6.45) is 1.87. The lowest BCUT2D eigenvalue weighted by molar-refractivity contribution is -0.144. The molecule has 7 heteroatoms. The molecule has 2 aromatic heterocycles. The topological polar surface area (TPSA) is 57.0 Å². The lowest BCUT2D eigenvalue weighted by Gasteiger charge is -2.05. The number of carbonyl (C=O) groups excluding carboxylic acids is 1. The third-order valence-corrected chi connectivity index (χ3v) is 5.68. The first-order valence-corrected chi connectivity index (χ1v) is 9.59. The number of ether oxygens (including phenoxy) is 1. The maximum Gasteiger partial charge on any atom is 0.311 e. The Balaban J connectivity index is 1.43. The first-order valence-electron chi connectivity index (χ1n) is 8.78. The van der Waals surface area contributed by atoms with Crippen LogP contribution in [0.1, 0.15) is 16.1 Å². The number of aryl methyl sites for hydroxylation is 2. The zero-order chi connectivity index (χ0) is 19.7. The van der Waals surface area contributed by atoms with Gasteiger partial charge in [0.15, 0.2) is 0 Å². The number of rotatable bonds is 5. The maximum atomic E-state index is 14.0. The molecule has 0 saturated carbocycles. The summed E-state index contributed by atoms with van der Waals surface area (Å²) < 4.78 is 21.3. The Morgan fingerprint density at radius 2 is 2.07 bits per heavy atom. The molecular weight excluding hydrogens is 377 g/mol. The van der Waals surface area contributed by atoms with E-state index in [4.69, 9.17) is 4.74 Å². The van der Waals surface area contributed by atoms with Crippen molar-refractivity contribution in [3.8, 4) is 10.6 Å². The van der Waals surface area contributed by atoms with Gasteiger partial charge in [0.2, 0.25) is 0 Å². The predicted molar refractivity (Wildman–Crippen MR) is 106 cm³/mol. The molecule has 0 aliphatic rings. The molecule has 0 N–H and O–H groups in total. The Morgan fingerprint density at radius 3 is 2.89 bits per heavy atom. The van der Waals surface area contributed by atoms with Gasteiger partial charge in [0.05, 0.1) is 29.5 Å². The maximum absolute atomic E-state index is 14.0. The number of benzene rings is 2. The van der Waals surface area contributed by atoms with E-state index in [-0.39, 0.29) is 24.8 Å². The summed E-state index contributed by atoms with van der Waals surface area (Å²) >= 11 is 1.32. The van der Waals surface area contributed by atoms with Gasteiger partial charge < -0.3 is 9.30 Å². The van der Waals surface area contributed by atoms with Crippen molar-refractivity contribution in [2.24, 2.45) is 7.05 Å². The van der Waals surface area contributed by atoms with Crippen molar-refractivity contribution >= 4 is 28.3 Å². The van der Waals surface area contributed by atoms with Crippen LogP contribution in [0.25, 0.3) is 21.6 Å². The van der Waals surface area contributed by atoms with Crippen LogP contribution < -0.4 is 0 Å². The molecule has 0 unspecified atom stereocenters. The Bertz CT molecular complexity index is 1170. The first-order chi connectivity index (χ1) is 13.5. The molecule has 0 bridgehead atoms. The van der Waals surface area contributed by atoms with Crippen LogP contribution in [0, 0.1) is 12.7 Å². The normalized spacial score (nSPS) is 11.1. The lowest BCUT2D eigenvalue weighted by atomic mass is 10.2. The molecule has 4 rings (SSSR count). The number of carbonyl (C=O) groups is 1. The van der Waals surface area contributed by atoms with Crippen molar-refractivity contribution in [2.45, 2.75) is 20.0 Å². The highest BCUT2D eigenvalue weighted by Crippen LogP contribution is 2.30. The standard InChI is InChI=1S/C21H18FN3O2S/c1-13-19(28-21(24-13)15-5-3-4-6-16(15)22)10-20(26)27-11-14-7-8-18-17(9-14)23-12-25(18)2/h3-9,12H,10-11H2,1-2H3. The molecule has 0 amide bonds. The van der Waals surface area contributed by atoms with E-state index in [9.17, 15) is 9.18 Å². The highest BCUT2D eigenvalue weighted by Gasteiger charge is 2.16. The molecule has 2 heterocycles. The lowest BCUT2D eigenvalue weighted by Crippen LogP contribution is -2.07. The number of hydrogen-bond acceptors (Lipinski definition) is 5. The summed E-state index contributed by atoms with van der Waals surface area (Å²) in [7, 11) is 1.93. The van der Waals surface area contributed by atoms with Crippen molar-refractivity contribution in [3.63, 3.8) is 0 Å². The van der Waals surface area contributed by atoms with Crippen molar-refractivity contribution in [2.75, 3.05) is 0 Å². The first kappa shape index (κ1) is 18.3. The molecule has 0 radical (unpaired) electrons. The van der Waals surface area contributed by atoms with E-state index < -0.39 is 0 Å². The molecule has 0 atom stereocenters. The smallest absolute Gasteiger partial charge is 0.311 e. The van der Waals surface area contributed by atoms with Crippen molar-refractivity contribution in [1.29, 1.82) is 0 Å². The number of thiazole rings is 1. The number of fused-ring (bicyclic) bond motifs is 1. The second-order valence-corrected chi connectivity index (χ2v) is 7.61. The van der Waals surface area contributed by atoms with Crippen molar-refractivity contribution in [3.05, 3.63) is 70.7 Å². The number of nitrogens with zero attached hydrogens (tertiary/aromatic N) is 3. The average molecular weight is 395 g/mol. The number of aromatic nitrogens is 3. The number of hydrogen-bond donors (Lipinski definition) is 0. The van der Waals surface area contributed by atoms with Gasteiger partial charge in [-0.3, -0.25) is 4.79 Å². The van der Waals surface area contributed by atoms with E-state index in [1.807, 2.05) is 36.7 Å². The fraction of sp³-hybridized carbons (Fsp3) is 0.190. The van der Waals surface area contributed by atoms with Crippen LogP contribution in [0.2, 0.25) is 0 Å². The van der Waals surface area contributed by atoms with Gasteiger partial charge in [-0.05, 0) is 36.8 Å². The van der Waals surface area contributed by atoms with Gasteiger partial charge in [-0.1, -0.05) is 18.2 Å². The summed E-state index contributed by atoms with van der Waals surface area (Å²) in [5.41, 5.74) is 3.93. The molecule has 2 aromatic carbocycles. The van der Waals surface area contributed by atoms with Gasteiger partial charge in [0, 0.05) is 17.5 Å². The second kappa shape index (κ2) is 7.52. The predicted octanol–water partition coefficient (Wildman–Crippen LogP) is 4.43. The Kier molecular flexibility index (Phi) is 4.92. The second-order valence-electron chi connectivity index (χ2n) is 6.52.